The van der Waals surface area contributed by atoms with Crippen molar-refractivity contribution in [2.45, 2.75) is 19.3 Å². The first kappa shape index (κ1) is 18.8. The van der Waals surface area contributed by atoms with Crippen molar-refractivity contribution in [3.05, 3.63) is 54.1 Å². The molecule has 4 rings (SSSR count). The van der Waals surface area contributed by atoms with Gasteiger partial charge in [0.05, 0.1) is 18.4 Å². The van der Waals surface area contributed by atoms with Crippen LogP contribution in [0.4, 0.5) is 23.3 Å². The Kier molecular flexibility index (Phi) is 5.60. The summed E-state index contributed by atoms with van der Waals surface area (Å²) in [5.41, 5.74) is 2.07. The zero-order valence-corrected chi connectivity index (χ0v) is 16.3. The van der Waals surface area contributed by atoms with Crippen molar-refractivity contribution in [3.63, 3.8) is 0 Å². The van der Waals surface area contributed by atoms with Crippen LogP contribution in [0.5, 0.6) is 5.75 Å². The van der Waals surface area contributed by atoms with Crippen molar-refractivity contribution in [2.75, 3.05) is 35.7 Å². The van der Waals surface area contributed by atoms with Crippen molar-refractivity contribution >= 4 is 29.2 Å². The number of para-hydroxylation sites is 1. The van der Waals surface area contributed by atoms with Crippen LogP contribution in [0.25, 0.3) is 0 Å². The van der Waals surface area contributed by atoms with Crippen LogP contribution in [0.15, 0.2) is 48.5 Å². The van der Waals surface area contributed by atoms with E-state index in [1.807, 2.05) is 42.5 Å². The fraction of sp³-hybridized carbons (Fsp3) is 0.286. The molecule has 1 fully saturated rings. The molecule has 0 bridgehead atoms. The van der Waals surface area contributed by atoms with Gasteiger partial charge in [0.1, 0.15) is 5.75 Å². The summed E-state index contributed by atoms with van der Waals surface area (Å²) in [5.74, 6) is 1.49. The topological polar surface area (TPSA) is 95.2 Å². The van der Waals surface area contributed by atoms with Crippen LogP contribution in [0.1, 0.15) is 29.6 Å². The SMILES string of the molecule is COc1ccc(Nc2ccccc2C(=O)Nc2nc(N3CCCCC3)n[nH]2)cc1. The van der Waals surface area contributed by atoms with Gasteiger partial charge in [0.15, 0.2) is 0 Å². The van der Waals surface area contributed by atoms with Crippen molar-refractivity contribution in [2.24, 2.45) is 0 Å². The number of amides is 1. The minimum Gasteiger partial charge on any atom is -0.497 e. The predicted octanol–water partition coefficient (Wildman–Crippen LogP) is 3.80. The molecule has 150 valence electrons. The molecule has 1 saturated heterocycles. The second-order valence-corrected chi connectivity index (χ2v) is 6.88. The highest BCUT2D eigenvalue weighted by Crippen LogP contribution is 2.24. The van der Waals surface area contributed by atoms with Gasteiger partial charge in [-0.3, -0.25) is 10.1 Å². The largest absolute Gasteiger partial charge is 0.497 e. The molecule has 8 nitrogen and oxygen atoms in total. The summed E-state index contributed by atoms with van der Waals surface area (Å²) in [4.78, 5) is 19.4. The fourth-order valence-electron chi connectivity index (χ4n) is 3.34. The van der Waals surface area contributed by atoms with Gasteiger partial charge in [-0.2, -0.15) is 4.98 Å². The lowest BCUT2D eigenvalue weighted by atomic mass is 10.1. The molecule has 0 spiro atoms. The number of piperidine rings is 1. The summed E-state index contributed by atoms with van der Waals surface area (Å²) < 4.78 is 5.18. The molecule has 3 aromatic rings. The number of benzene rings is 2. The van der Waals surface area contributed by atoms with Gasteiger partial charge in [0.2, 0.25) is 11.9 Å². The lowest BCUT2D eigenvalue weighted by Crippen LogP contribution is -2.30. The first-order valence-corrected chi connectivity index (χ1v) is 9.72. The first-order chi connectivity index (χ1) is 14.2. The zero-order chi connectivity index (χ0) is 20.1. The van der Waals surface area contributed by atoms with Gasteiger partial charge in [0.25, 0.3) is 5.91 Å². The Morgan fingerprint density at radius 3 is 2.59 bits per heavy atom. The van der Waals surface area contributed by atoms with E-state index in [4.69, 9.17) is 4.74 Å². The Morgan fingerprint density at radius 2 is 1.83 bits per heavy atom. The minimum atomic E-state index is -0.261. The number of nitrogens with one attached hydrogen (secondary N) is 3. The number of anilines is 4. The number of aromatic nitrogens is 3. The number of ether oxygens (including phenoxy) is 1. The van der Waals surface area contributed by atoms with Gasteiger partial charge in [0, 0.05) is 18.8 Å². The van der Waals surface area contributed by atoms with Crippen molar-refractivity contribution in [3.8, 4) is 5.75 Å². The third-order valence-electron chi connectivity index (χ3n) is 4.89. The quantitative estimate of drug-likeness (QED) is 0.591. The Labute approximate surface area is 169 Å². The van der Waals surface area contributed by atoms with Crippen LogP contribution < -0.4 is 20.3 Å². The summed E-state index contributed by atoms with van der Waals surface area (Å²) in [6.07, 6.45) is 3.52. The smallest absolute Gasteiger partial charge is 0.260 e. The Bertz CT molecular complexity index is 963. The average molecular weight is 392 g/mol. The molecular weight excluding hydrogens is 368 g/mol. The molecule has 29 heavy (non-hydrogen) atoms. The van der Waals surface area contributed by atoms with Crippen molar-refractivity contribution < 1.29 is 9.53 Å². The van der Waals surface area contributed by atoms with Gasteiger partial charge in [-0.25, -0.2) is 5.10 Å². The van der Waals surface area contributed by atoms with Crippen molar-refractivity contribution in [1.29, 1.82) is 0 Å². The standard InChI is InChI=1S/C21H24N6O2/c1-29-16-11-9-15(10-12-16)22-18-8-4-3-7-17(18)19(28)23-20-24-21(26-25-20)27-13-5-2-6-14-27/h3-4,7-12,22H,2,5-6,13-14H2,1H3,(H2,23,24,25,26,28). The number of aromatic amines is 1. The third-order valence-corrected chi connectivity index (χ3v) is 4.89. The second kappa shape index (κ2) is 8.64. The maximum atomic E-state index is 12.8. The highest BCUT2D eigenvalue weighted by Gasteiger charge is 2.17. The average Bonchev–Trinajstić information content (AvgIpc) is 3.24. The maximum absolute atomic E-state index is 12.8. The monoisotopic (exact) mass is 392 g/mol. The molecule has 3 N–H and O–H groups in total. The molecule has 1 amide bonds. The van der Waals surface area contributed by atoms with E-state index in [9.17, 15) is 4.79 Å². The first-order valence-electron chi connectivity index (χ1n) is 9.72. The van der Waals surface area contributed by atoms with Crippen LogP contribution in [0.2, 0.25) is 0 Å². The van der Waals surface area contributed by atoms with E-state index >= 15 is 0 Å². The van der Waals surface area contributed by atoms with E-state index in [-0.39, 0.29) is 5.91 Å². The predicted molar refractivity (Wildman–Crippen MR) is 113 cm³/mol. The molecule has 8 heteroatoms. The molecule has 1 aliphatic rings. The molecule has 0 radical (unpaired) electrons. The van der Waals surface area contributed by atoms with E-state index in [2.05, 4.69) is 30.7 Å². The second-order valence-electron chi connectivity index (χ2n) is 6.88. The lowest BCUT2D eigenvalue weighted by Gasteiger charge is -2.24. The van der Waals surface area contributed by atoms with E-state index in [0.717, 1.165) is 37.4 Å². The van der Waals surface area contributed by atoms with Gasteiger partial charge in [-0.15, -0.1) is 5.10 Å². The van der Waals surface area contributed by atoms with Crippen LogP contribution in [0, 0.1) is 0 Å². The highest BCUT2D eigenvalue weighted by atomic mass is 16.5. The van der Waals surface area contributed by atoms with Gasteiger partial charge >= 0.3 is 0 Å². The summed E-state index contributed by atoms with van der Waals surface area (Å²) >= 11 is 0. The molecule has 0 saturated carbocycles. The minimum absolute atomic E-state index is 0.261. The van der Waals surface area contributed by atoms with Gasteiger partial charge in [-0.05, 0) is 55.7 Å². The Hall–Kier alpha value is -3.55. The molecule has 1 aliphatic heterocycles. The lowest BCUT2D eigenvalue weighted by molar-refractivity contribution is 0.102. The highest BCUT2D eigenvalue weighted by molar-refractivity contribution is 6.07. The third kappa shape index (κ3) is 4.48. The molecule has 0 unspecified atom stereocenters. The van der Waals surface area contributed by atoms with Gasteiger partial charge < -0.3 is 15.0 Å². The Balaban J connectivity index is 1.46. The van der Waals surface area contributed by atoms with E-state index in [1.54, 1.807) is 13.2 Å². The number of carbonyl (C=O) groups excluding carboxylic acids is 1. The fourth-order valence-corrected chi connectivity index (χ4v) is 3.34. The maximum Gasteiger partial charge on any atom is 0.260 e. The summed E-state index contributed by atoms with van der Waals surface area (Å²) in [7, 11) is 1.63. The summed E-state index contributed by atoms with van der Waals surface area (Å²) in [6.45, 7) is 1.89. The van der Waals surface area contributed by atoms with Crippen LogP contribution >= 0.6 is 0 Å². The van der Waals surface area contributed by atoms with Gasteiger partial charge in [-0.1, -0.05) is 12.1 Å². The molecular formula is C21H24N6O2. The number of carbonyl (C=O) groups is 1. The number of nitrogens with zero attached hydrogens (tertiary/aromatic N) is 3. The van der Waals surface area contributed by atoms with E-state index < -0.39 is 0 Å². The normalized spacial score (nSPS) is 13.8. The number of H-pyrrole nitrogens is 1. The molecule has 2 heterocycles. The Morgan fingerprint density at radius 1 is 1.07 bits per heavy atom. The molecule has 1 aromatic heterocycles. The molecule has 0 aliphatic carbocycles. The van der Waals surface area contributed by atoms with Crippen molar-refractivity contribution in [1.82, 2.24) is 15.2 Å². The van der Waals surface area contributed by atoms with Crippen LogP contribution in [0.3, 0.4) is 0 Å². The number of hydrogen-bond donors (Lipinski definition) is 3. The van der Waals surface area contributed by atoms with Crippen LogP contribution in [-0.4, -0.2) is 41.3 Å². The number of methoxy groups -OCH3 is 1. The molecule has 2 aromatic carbocycles. The van der Waals surface area contributed by atoms with E-state index in [1.165, 1.54) is 6.42 Å². The zero-order valence-electron chi connectivity index (χ0n) is 16.3. The summed E-state index contributed by atoms with van der Waals surface area (Å²) in [5, 5.41) is 13.1. The summed E-state index contributed by atoms with van der Waals surface area (Å²) in [6, 6.07) is 14.9. The van der Waals surface area contributed by atoms with Crippen LogP contribution in [-0.2, 0) is 0 Å². The molecule has 0 atom stereocenters. The van der Waals surface area contributed by atoms with E-state index in [0.29, 0.717) is 23.1 Å². The number of rotatable bonds is 6. The number of hydrogen-bond acceptors (Lipinski definition) is 6.